The van der Waals surface area contributed by atoms with E-state index in [9.17, 15) is 4.79 Å². The molecule has 0 fully saturated rings. The molecular formula is C14H11BrN2O. The maximum Gasteiger partial charge on any atom is 0.259 e. The quantitative estimate of drug-likeness (QED) is 0.822. The summed E-state index contributed by atoms with van der Waals surface area (Å²) < 4.78 is 1.000. The lowest BCUT2D eigenvalue weighted by Gasteiger charge is -2.15. The molecule has 0 unspecified atom stereocenters. The van der Waals surface area contributed by atoms with Crippen molar-refractivity contribution in [1.82, 2.24) is 0 Å². The van der Waals surface area contributed by atoms with Gasteiger partial charge in [0.15, 0.2) is 0 Å². The molecule has 1 aliphatic heterocycles. The third-order valence-corrected chi connectivity index (χ3v) is 3.60. The number of carbonyl (C=O) groups excluding carboxylic acids is 1. The predicted molar refractivity (Wildman–Crippen MR) is 75.5 cm³/mol. The Labute approximate surface area is 113 Å². The highest BCUT2D eigenvalue weighted by atomic mass is 79.9. The second kappa shape index (κ2) is 4.14. The van der Waals surface area contributed by atoms with E-state index in [1.807, 2.05) is 36.4 Å². The molecule has 0 bridgehead atoms. The first-order valence-electron chi connectivity index (χ1n) is 5.61. The molecule has 0 saturated heterocycles. The average molecular weight is 303 g/mol. The van der Waals surface area contributed by atoms with Gasteiger partial charge in [-0.25, -0.2) is 0 Å². The number of anilines is 2. The topological polar surface area (TPSA) is 46.3 Å². The van der Waals surface area contributed by atoms with Crippen molar-refractivity contribution in [2.24, 2.45) is 0 Å². The van der Waals surface area contributed by atoms with Crippen LogP contribution in [0.15, 0.2) is 46.9 Å². The Kier molecular flexibility index (Phi) is 2.59. The van der Waals surface area contributed by atoms with Crippen LogP contribution in [0.1, 0.15) is 15.9 Å². The van der Waals surface area contributed by atoms with Gasteiger partial charge in [-0.3, -0.25) is 4.79 Å². The summed E-state index contributed by atoms with van der Waals surface area (Å²) in [7, 11) is 0. The van der Waals surface area contributed by atoms with Crippen LogP contribution < -0.4 is 10.6 Å². The van der Waals surface area contributed by atoms with E-state index in [1.165, 1.54) is 0 Å². The van der Waals surface area contributed by atoms with E-state index in [1.54, 1.807) is 11.0 Å². The summed E-state index contributed by atoms with van der Waals surface area (Å²) in [5, 5.41) is 0. The number of nitrogen functional groups attached to an aromatic ring is 1. The highest BCUT2D eigenvalue weighted by Gasteiger charge is 2.28. The molecule has 0 aliphatic carbocycles. The number of hydrogen-bond acceptors (Lipinski definition) is 2. The van der Waals surface area contributed by atoms with Crippen LogP contribution >= 0.6 is 15.9 Å². The van der Waals surface area contributed by atoms with Gasteiger partial charge >= 0.3 is 0 Å². The molecule has 0 radical (unpaired) electrons. The molecule has 2 aromatic carbocycles. The Hall–Kier alpha value is -1.81. The third kappa shape index (κ3) is 1.78. The van der Waals surface area contributed by atoms with Crippen LogP contribution in [-0.4, -0.2) is 5.91 Å². The molecule has 3 rings (SSSR count). The standard InChI is InChI=1S/C14H11BrN2O/c15-10-2-5-12(6-3-10)17-8-9-1-4-11(16)7-13(9)14(17)18/h1-7H,8,16H2. The number of rotatable bonds is 1. The molecule has 2 aromatic rings. The van der Waals surface area contributed by atoms with E-state index >= 15 is 0 Å². The smallest absolute Gasteiger partial charge is 0.259 e. The van der Waals surface area contributed by atoms with Crippen LogP contribution in [0.5, 0.6) is 0 Å². The number of amides is 1. The highest BCUT2D eigenvalue weighted by Crippen LogP contribution is 2.30. The fraction of sp³-hybridized carbons (Fsp3) is 0.0714. The van der Waals surface area contributed by atoms with Gasteiger partial charge in [-0.05, 0) is 42.0 Å². The van der Waals surface area contributed by atoms with Gasteiger partial charge < -0.3 is 10.6 Å². The molecule has 1 amide bonds. The first kappa shape index (κ1) is 11.3. The lowest BCUT2D eigenvalue weighted by Crippen LogP contribution is -2.22. The summed E-state index contributed by atoms with van der Waals surface area (Å²) >= 11 is 3.39. The monoisotopic (exact) mass is 302 g/mol. The van der Waals surface area contributed by atoms with Crippen molar-refractivity contribution in [3.63, 3.8) is 0 Å². The number of fused-ring (bicyclic) bond motifs is 1. The Bertz CT molecular complexity index is 622. The maximum atomic E-state index is 12.3. The third-order valence-electron chi connectivity index (χ3n) is 3.08. The zero-order valence-electron chi connectivity index (χ0n) is 9.56. The minimum atomic E-state index is 0.0135. The summed E-state index contributed by atoms with van der Waals surface area (Å²) in [5.74, 6) is 0.0135. The van der Waals surface area contributed by atoms with Crippen molar-refractivity contribution in [2.45, 2.75) is 6.54 Å². The Morgan fingerprint density at radius 1 is 1.11 bits per heavy atom. The number of nitrogens with zero attached hydrogens (tertiary/aromatic N) is 1. The minimum Gasteiger partial charge on any atom is -0.399 e. The largest absolute Gasteiger partial charge is 0.399 e. The van der Waals surface area contributed by atoms with Crippen molar-refractivity contribution < 1.29 is 4.79 Å². The Morgan fingerprint density at radius 2 is 1.83 bits per heavy atom. The van der Waals surface area contributed by atoms with Gasteiger partial charge in [-0.15, -0.1) is 0 Å². The Balaban J connectivity index is 1.99. The van der Waals surface area contributed by atoms with Gasteiger partial charge in [0, 0.05) is 21.4 Å². The summed E-state index contributed by atoms with van der Waals surface area (Å²) in [5.41, 5.74) is 8.98. The van der Waals surface area contributed by atoms with E-state index in [-0.39, 0.29) is 5.91 Å². The Morgan fingerprint density at radius 3 is 2.56 bits per heavy atom. The average Bonchev–Trinajstić information content (AvgIpc) is 2.68. The zero-order valence-corrected chi connectivity index (χ0v) is 11.1. The summed E-state index contributed by atoms with van der Waals surface area (Å²) in [6.07, 6.45) is 0. The van der Waals surface area contributed by atoms with Gasteiger partial charge in [0.05, 0.1) is 6.54 Å². The molecule has 18 heavy (non-hydrogen) atoms. The van der Waals surface area contributed by atoms with Crippen LogP contribution in [-0.2, 0) is 6.54 Å². The van der Waals surface area contributed by atoms with Crippen molar-refractivity contribution in [2.75, 3.05) is 10.6 Å². The lowest BCUT2D eigenvalue weighted by molar-refractivity contribution is 0.0996. The van der Waals surface area contributed by atoms with E-state index < -0.39 is 0 Å². The van der Waals surface area contributed by atoms with Crippen molar-refractivity contribution >= 4 is 33.2 Å². The number of carbonyl (C=O) groups is 1. The van der Waals surface area contributed by atoms with Gasteiger partial charge in [0.2, 0.25) is 0 Å². The van der Waals surface area contributed by atoms with E-state index in [0.717, 1.165) is 15.7 Å². The van der Waals surface area contributed by atoms with E-state index in [0.29, 0.717) is 17.8 Å². The molecule has 0 aromatic heterocycles. The second-order valence-electron chi connectivity index (χ2n) is 4.28. The molecule has 2 N–H and O–H groups in total. The number of nitrogens with two attached hydrogens (primary N) is 1. The first-order chi connectivity index (χ1) is 8.65. The van der Waals surface area contributed by atoms with E-state index in [4.69, 9.17) is 5.73 Å². The van der Waals surface area contributed by atoms with Crippen LogP contribution in [0.2, 0.25) is 0 Å². The second-order valence-corrected chi connectivity index (χ2v) is 5.20. The van der Waals surface area contributed by atoms with Gasteiger partial charge in [-0.1, -0.05) is 22.0 Å². The van der Waals surface area contributed by atoms with Crippen LogP contribution in [0.4, 0.5) is 11.4 Å². The molecule has 3 nitrogen and oxygen atoms in total. The minimum absolute atomic E-state index is 0.0135. The molecule has 0 spiro atoms. The van der Waals surface area contributed by atoms with Crippen LogP contribution in [0, 0.1) is 0 Å². The molecule has 1 heterocycles. The van der Waals surface area contributed by atoms with Crippen LogP contribution in [0.25, 0.3) is 0 Å². The lowest BCUT2D eigenvalue weighted by atomic mass is 10.1. The van der Waals surface area contributed by atoms with Crippen molar-refractivity contribution in [3.8, 4) is 0 Å². The highest BCUT2D eigenvalue weighted by molar-refractivity contribution is 9.10. The van der Waals surface area contributed by atoms with Gasteiger partial charge in [-0.2, -0.15) is 0 Å². The first-order valence-corrected chi connectivity index (χ1v) is 6.40. The summed E-state index contributed by atoms with van der Waals surface area (Å²) in [6, 6.07) is 13.2. The molecule has 90 valence electrons. The number of benzene rings is 2. The summed E-state index contributed by atoms with van der Waals surface area (Å²) in [4.78, 5) is 14.1. The molecule has 0 atom stereocenters. The normalized spacial score (nSPS) is 13.8. The van der Waals surface area contributed by atoms with Crippen molar-refractivity contribution in [3.05, 3.63) is 58.1 Å². The van der Waals surface area contributed by atoms with E-state index in [2.05, 4.69) is 15.9 Å². The molecule has 1 aliphatic rings. The maximum absolute atomic E-state index is 12.3. The number of halogens is 1. The SMILES string of the molecule is Nc1ccc2c(c1)C(=O)N(c1ccc(Br)cc1)C2. The molecule has 0 saturated carbocycles. The summed E-state index contributed by atoms with van der Waals surface area (Å²) in [6.45, 7) is 0.607. The fourth-order valence-corrected chi connectivity index (χ4v) is 2.41. The van der Waals surface area contributed by atoms with Crippen LogP contribution in [0.3, 0.4) is 0 Å². The molecule has 4 heteroatoms. The van der Waals surface area contributed by atoms with Gasteiger partial charge in [0.1, 0.15) is 0 Å². The molecular weight excluding hydrogens is 292 g/mol. The number of hydrogen-bond donors (Lipinski definition) is 1. The predicted octanol–water partition coefficient (Wildman–Crippen LogP) is 3.19. The van der Waals surface area contributed by atoms with Gasteiger partial charge in [0.25, 0.3) is 5.91 Å². The van der Waals surface area contributed by atoms with Crippen molar-refractivity contribution in [1.29, 1.82) is 0 Å². The fourth-order valence-electron chi connectivity index (χ4n) is 2.15. The zero-order chi connectivity index (χ0) is 12.7.